The van der Waals surface area contributed by atoms with Crippen LogP contribution < -0.4 is 9.47 Å². The van der Waals surface area contributed by atoms with Crippen LogP contribution in [0, 0.1) is 11.8 Å². The Labute approximate surface area is 172 Å². The number of benzene rings is 1. The van der Waals surface area contributed by atoms with Crippen LogP contribution >= 0.6 is 15.9 Å². The van der Waals surface area contributed by atoms with Gasteiger partial charge >= 0.3 is 0 Å². The van der Waals surface area contributed by atoms with Crippen LogP contribution in [0.25, 0.3) is 0 Å². The summed E-state index contributed by atoms with van der Waals surface area (Å²) in [5.41, 5.74) is 1.38. The summed E-state index contributed by atoms with van der Waals surface area (Å²) >= 11 is 3.70. The first kappa shape index (κ1) is 20.9. The van der Waals surface area contributed by atoms with Crippen LogP contribution in [0.15, 0.2) is 16.6 Å². The fourth-order valence-electron chi connectivity index (χ4n) is 5.09. The zero-order valence-corrected chi connectivity index (χ0v) is 19.1. The van der Waals surface area contributed by atoms with E-state index in [1.165, 1.54) is 24.8 Å². The van der Waals surface area contributed by atoms with Gasteiger partial charge in [-0.3, -0.25) is 4.90 Å². The largest absolute Gasteiger partial charge is 0.493 e. The molecule has 0 bridgehead atoms. The van der Waals surface area contributed by atoms with Crippen molar-refractivity contribution in [2.75, 3.05) is 20.8 Å². The summed E-state index contributed by atoms with van der Waals surface area (Å²) in [6.45, 7) is 10.3. The molecule has 0 spiro atoms. The number of hydrogen-bond acceptors (Lipinski definition) is 4. The summed E-state index contributed by atoms with van der Waals surface area (Å²) in [5.74, 6) is 2.92. The van der Waals surface area contributed by atoms with Crippen molar-refractivity contribution in [1.82, 2.24) is 4.90 Å². The Hall–Kier alpha value is -0.780. The Bertz CT molecular complexity index is 663. The van der Waals surface area contributed by atoms with Crippen LogP contribution in [-0.4, -0.2) is 43.5 Å². The van der Waals surface area contributed by atoms with Crippen molar-refractivity contribution in [2.24, 2.45) is 11.8 Å². The molecule has 1 saturated heterocycles. The molecule has 1 aliphatic heterocycles. The third kappa shape index (κ3) is 4.15. The molecular formula is C22H34BrNO3. The van der Waals surface area contributed by atoms with Crippen LogP contribution in [0.1, 0.15) is 52.5 Å². The molecule has 1 aromatic rings. The lowest BCUT2D eigenvalue weighted by molar-refractivity contribution is -0.226. The smallest absolute Gasteiger partial charge is 0.161 e. The highest BCUT2D eigenvalue weighted by atomic mass is 79.9. The number of nitrogens with zero attached hydrogens (tertiary/aromatic N) is 1. The van der Waals surface area contributed by atoms with Crippen LogP contribution in [-0.2, 0) is 11.2 Å². The SMILES string of the molecule is COc1cc(Br)c(CCN2[C@@H](C)O[C@H]3C[C@@H](C)CC[C@@H]3C2(C)C)cc1OC. The van der Waals surface area contributed by atoms with Gasteiger partial charge < -0.3 is 14.2 Å². The van der Waals surface area contributed by atoms with E-state index in [0.717, 1.165) is 34.9 Å². The van der Waals surface area contributed by atoms with Gasteiger partial charge in [0.2, 0.25) is 0 Å². The zero-order valence-electron chi connectivity index (χ0n) is 17.5. The maximum absolute atomic E-state index is 6.48. The molecule has 27 heavy (non-hydrogen) atoms. The molecule has 0 amide bonds. The summed E-state index contributed by atoms with van der Waals surface area (Å²) in [5, 5.41) is 0. The lowest BCUT2D eigenvalue weighted by Gasteiger charge is -2.56. The minimum Gasteiger partial charge on any atom is -0.493 e. The molecule has 1 aliphatic carbocycles. The summed E-state index contributed by atoms with van der Waals surface area (Å²) < 4.78 is 18.4. The lowest BCUT2D eigenvalue weighted by atomic mass is 9.70. The van der Waals surface area contributed by atoms with Crippen molar-refractivity contribution in [2.45, 2.75) is 71.2 Å². The van der Waals surface area contributed by atoms with Gasteiger partial charge in [-0.25, -0.2) is 0 Å². The van der Waals surface area contributed by atoms with E-state index in [1.807, 2.05) is 6.07 Å². The lowest BCUT2D eigenvalue weighted by Crippen LogP contribution is -2.64. The number of rotatable bonds is 5. The number of hydrogen-bond donors (Lipinski definition) is 0. The predicted molar refractivity (Wildman–Crippen MR) is 113 cm³/mol. The monoisotopic (exact) mass is 439 g/mol. The maximum atomic E-state index is 6.48. The number of methoxy groups -OCH3 is 2. The molecule has 2 aliphatic rings. The van der Waals surface area contributed by atoms with Gasteiger partial charge in [-0.15, -0.1) is 0 Å². The molecule has 0 unspecified atom stereocenters. The van der Waals surface area contributed by atoms with Gasteiger partial charge in [0.25, 0.3) is 0 Å². The summed E-state index contributed by atoms with van der Waals surface area (Å²) in [6.07, 6.45) is 5.27. The Balaban J connectivity index is 1.75. The van der Waals surface area contributed by atoms with E-state index >= 15 is 0 Å². The van der Waals surface area contributed by atoms with Gasteiger partial charge in [-0.05, 0) is 63.6 Å². The van der Waals surface area contributed by atoms with Gasteiger partial charge in [0.1, 0.15) is 6.23 Å². The van der Waals surface area contributed by atoms with Crippen LogP contribution in [0.5, 0.6) is 11.5 Å². The molecule has 3 rings (SSSR count). The predicted octanol–water partition coefficient (Wildman–Crippen LogP) is 5.27. The summed E-state index contributed by atoms with van der Waals surface area (Å²) in [6, 6.07) is 4.07. The second kappa shape index (κ2) is 8.30. The van der Waals surface area contributed by atoms with E-state index in [9.17, 15) is 0 Å². The number of halogens is 1. The third-order valence-electron chi connectivity index (χ3n) is 6.69. The maximum Gasteiger partial charge on any atom is 0.161 e. The van der Waals surface area contributed by atoms with Crippen molar-refractivity contribution in [3.05, 3.63) is 22.2 Å². The Kier molecular flexibility index (Phi) is 6.44. The van der Waals surface area contributed by atoms with Gasteiger partial charge in [0.05, 0.1) is 20.3 Å². The fraction of sp³-hybridized carbons (Fsp3) is 0.727. The second-order valence-corrected chi connectivity index (χ2v) is 9.55. The van der Waals surface area contributed by atoms with Gasteiger partial charge in [-0.1, -0.05) is 29.3 Å². The fourth-order valence-corrected chi connectivity index (χ4v) is 5.61. The molecule has 0 aromatic heterocycles. The highest BCUT2D eigenvalue weighted by Crippen LogP contribution is 2.45. The zero-order chi connectivity index (χ0) is 19.8. The minimum absolute atomic E-state index is 0.144. The Morgan fingerprint density at radius 2 is 1.81 bits per heavy atom. The molecule has 0 N–H and O–H groups in total. The van der Waals surface area contributed by atoms with Crippen LogP contribution in [0.2, 0.25) is 0 Å². The standard InChI is InChI=1S/C22H34BrNO3/c1-14-7-8-17-19(11-14)27-15(2)24(22(17,3)4)10-9-16-12-20(25-5)21(26-6)13-18(16)23/h12-15,17,19H,7-11H2,1-6H3/t14-,15+,17-,19-/m0/s1. The van der Waals surface area contributed by atoms with Crippen LogP contribution in [0.3, 0.4) is 0 Å². The van der Waals surface area contributed by atoms with E-state index in [-0.39, 0.29) is 11.8 Å². The molecule has 1 heterocycles. The minimum atomic E-state index is 0.144. The average Bonchev–Trinajstić information content (AvgIpc) is 2.61. The Morgan fingerprint density at radius 3 is 2.48 bits per heavy atom. The van der Waals surface area contributed by atoms with E-state index in [4.69, 9.17) is 14.2 Å². The topological polar surface area (TPSA) is 30.9 Å². The third-order valence-corrected chi connectivity index (χ3v) is 7.43. The van der Waals surface area contributed by atoms with E-state index in [1.54, 1.807) is 14.2 Å². The molecule has 152 valence electrons. The molecule has 0 radical (unpaired) electrons. The quantitative estimate of drug-likeness (QED) is 0.624. The van der Waals surface area contributed by atoms with Crippen molar-refractivity contribution in [1.29, 1.82) is 0 Å². The van der Waals surface area contributed by atoms with Crippen molar-refractivity contribution < 1.29 is 14.2 Å². The van der Waals surface area contributed by atoms with Gasteiger partial charge in [-0.2, -0.15) is 0 Å². The highest BCUT2D eigenvalue weighted by molar-refractivity contribution is 9.10. The summed E-state index contributed by atoms with van der Waals surface area (Å²) in [7, 11) is 3.35. The Morgan fingerprint density at radius 1 is 1.15 bits per heavy atom. The molecular weight excluding hydrogens is 406 g/mol. The van der Waals surface area contributed by atoms with Crippen molar-refractivity contribution >= 4 is 15.9 Å². The molecule has 5 heteroatoms. The average molecular weight is 440 g/mol. The first-order valence-electron chi connectivity index (χ1n) is 10.1. The van der Waals surface area contributed by atoms with E-state index in [0.29, 0.717) is 12.0 Å². The molecule has 4 atom stereocenters. The molecule has 1 aromatic carbocycles. The van der Waals surface area contributed by atoms with Gasteiger partial charge in [0, 0.05) is 22.5 Å². The molecule has 1 saturated carbocycles. The molecule has 4 nitrogen and oxygen atoms in total. The van der Waals surface area contributed by atoms with E-state index < -0.39 is 0 Å². The van der Waals surface area contributed by atoms with Crippen LogP contribution in [0.4, 0.5) is 0 Å². The van der Waals surface area contributed by atoms with Crippen molar-refractivity contribution in [3.8, 4) is 11.5 Å². The van der Waals surface area contributed by atoms with E-state index in [2.05, 4.69) is 54.6 Å². The van der Waals surface area contributed by atoms with Gasteiger partial charge in [0.15, 0.2) is 11.5 Å². The number of fused-ring (bicyclic) bond motifs is 1. The number of ether oxygens (including phenoxy) is 3. The highest BCUT2D eigenvalue weighted by Gasteiger charge is 2.49. The first-order valence-corrected chi connectivity index (χ1v) is 10.9. The first-order chi connectivity index (χ1) is 12.8. The normalized spacial score (nSPS) is 30.6. The molecule has 2 fully saturated rings. The van der Waals surface area contributed by atoms with Crippen molar-refractivity contribution in [3.63, 3.8) is 0 Å². The second-order valence-electron chi connectivity index (χ2n) is 8.69. The summed E-state index contributed by atoms with van der Waals surface area (Å²) in [4.78, 5) is 2.55.